The fraction of sp³-hybridized carbons (Fsp3) is 0.542. The number of aliphatic carboxylic acids is 2. The number of nitrogens with one attached hydrogen (secondary N) is 2. The lowest BCUT2D eigenvalue weighted by Gasteiger charge is -2.29. The minimum Gasteiger partial charge on any atom is -0.497 e. The Kier molecular flexibility index (Phi) is 11.3. The predicted molar refractivity (Wildman–Crippen MR) is 128 cm³/mol. The standard InChI is InChI=1S/C24H34N4O8/c1-36-16-9-7-15(8-10-16)13-18(26-14-20(29)30)23(33)28-12-4-6-19(28)22(32)27-17(5-2-3-11-25)21(31)24(34)35/h7-10,17-19,26H,2-6,11-14,25H2,1H3,(H,27,32)(H,29,30)(H,34,35)/t17-,18+,19-/m0/s1. The zero-order valence-corrected chi connectivity index (χ0v) is 20.3. The first-order valence-corrected chi connectivity index (χ1v) is 11.8. The number of methoxy groups -OCH3 is 1. The highest BCUT2D eigenvalue weighted by molar-refractivity contribution is 6.35. The van der Waals surface area contributed by atoms with E-state index in [9.17, 15) is 24.0 Å². The molecule has 12 nitrogen and oxygen atoms in total. The van der Waals surface area contributed by atoms with Gasteiger partial charge in [-0.1, -0.05) is 12.1 Å². The fourth-order valence-electron chi connectivity index (χ4n) is 4.14. The molecule has 2 rings (SSSR count). The van der Waals surface area contributed by atoms with Crippen LogP contribution in [0.5, 0.6) is 5.75 Å². The van der Waals surface area contributed by atoms with Crippen molar-refractivity contribution in [3.05, 3.63) is 29.8 Å². The number of ketones is 1. The summed E-state index contributed by atoms with van der Waals surface area (Å²) in [5.41, 5.74) is 6.23. The summed E-state index contributed by atoms with van der Waals surface area (Å²) in [6, 6.07) is 3.94. The molecule has 1 heterocycles. The Balaban J connectivity index is 2.16. The Morgan fingerprint density at radius 3 is 2.39 bits per heavy atom. The van der Waals surface area contributed by atoms with Crippen LogP contribution in [0.2, 0.25) is 0 Å². The van der Waals surface area contributed by atoms with Crippen molar-refractivity contribution in [3.8, 4) is 5.75 Å². The Morgan fingerprint density at radius 1 is 1.11 bits per heavy atom. The zero-order valence-electron chi connectivity index (χ0n) is 20.3. The maximum Gasteiger partial charge on any atom is 0.374 e. The number of Topliss-reactive ketones (excluding diaryl/α,β-unsaturated/α-hetero) is 1. The van der Waals surface area contributed by atoms with E-state index >= 15 is 0 Å². The summed E-state index contributed by atoms with van der Waals surface area (Å²) in [6.45, 7) is 0.189. The lowest BCUT2D eigenvalue weighted by Crippen LogP contribution is -2.56. The van der Waals surface area contributed by atoms with Gasteiger partial charge in [-0.05, 0) is 62.8 Å². The van der Waals surface area contributed by atoms with Crippen molar-refractivity contribution < 1.29 is 38.9 Å². The average molecular weight is 507 g/mol. The molecule has 1 aliphatic heterocycles. The minimum absolute atomic E-state index is 0.120. The number of hydrogen-bond donors (Lipinski definition) is 5. The molecule has 0 aliphatic carbocycles. The molecule has 0 bridgehead atoms. The van der Waals surface area contributed by atoms with Crippen LogP contribution in [0.3, 0.4) is 0 Å². The number of unbranched alkanes of at least 4 members (excludes halogenated alkanes) is 1. The van der Waals surface area contributed by atoms with Crippen LogP contribution < -0.4 is 21.1 Å². The van der Waals surface area contributed by atoms with Crippen molar-refractivity contribution in [1.29, 1.82) is 0 Å². The van der Waals surface area contributed by atoms with Crippen LogP contribution >= 0.6 is 0 Å². The highest BCUT2D eigenvalue weighted by atomic mass is 16.5. The molecular formula is C24H34N4O8. The van der Waals surface area contributed by atoms with E-state index in [4.69, 9.17) is 20.7 Å². The van der Waals surface area contributed by atoms with Gasteiger partial charge in [-0.15, -0.1) is 0 Å². The van der Waals surface area contributed by atoms with Crippen molar-refractivity contribution in [3.63, 3.8) is 0 Å². The highest BCUT2D eigenvalue weighted by Gasteiger charge is 2.39. The van der Waals surface area contributed by atoms with Crippen LogP contribution in [0.4, 0.5) is 0 Å². The number of carbonyl (C=O) groups excluding carboxylic acids is 3. The molecule has 1 aliphatic rings. The van der Waals surface area contributed by atoms with Gasteiger partial charge in [-0.3, -0.25) is 24.5 Å². The van der Waals surface area contributed by atoms with Gasteiger partial charge in [-0.25, -0.2) is 4.79 Å². The lowest BCUT2D eigenvalue weighted by atomic mass is 10.0. The fourth-order valence-corrected chi connectivity index (χ4v) is 4.14. The number of nitrogens with two attached hydrogens (primary N) is 1. The summed E-state index contributed by atoms with van der Waals surface area (Å²) in [4.78, 5) is 62.3. The second-order valence-electron chi connectivity index (χ2n) is 8.58. The van der Waals surface area contributed by atoms with Gasteiger partial charge >= 0.3 is 11.9 Å². The van der Waals surface area contributed by atoms with Gasteiger partial charge in [0.05, 0.1) is 25.7 Å². The van der Waals surface area contributed by atoms with Gasteiger partial charge in [-0.2, -0.15) is 0 Å². The lowest BCUT2D eigenvalue weighted by molar-refractivity contribution is -0.151. The van der Waals surface area contributed by atoms with Gasteiger partial charge in [0.15, 0.2) is 0 Å². The zero-order chi connectivity index (χ0) is 26.7. The van der Waals surface area contributed by atoms with Crippen molar-refractivity contribution in [1.82, 2.24) is 15.5 Å². The molecule has 1 aromatic rings. The number of rotatable bonds is 15. The number of carboxylic acids is 2. The number of hydrogen-bond acceptors (Lipinski definition) is 8. The average Bonchev–Trinajstić information content (AvgIpc) is 3.35. The number of likely N-dealkylation sites (tertiary alicyclic amines) is 1. The monoisotopic (exact) mass is 506 g/mol. The van der Waals surface area contributed by atoms with Gasteiger partial charge in [0, 0.05) is 6.54 Å². The summed E-state index contributed by atoms with van der Waals surface area (Å²) in [6.07, 6.45) is 2.19. The SMILES string of the molecule is COc1ccc(C[C@@H](NCC(=O)O)C(=O)N2CCC[C@H]2C(=O)N[C@@H](CCCCN)C(=O)C(=O)O)cc1. The highest BCUT2D eigenvalue weighted by Crippen LogP contribution is 2.21. The third-order valence-corrected chi connectivity index (χ3v) is 6.03. The number of carbonyl (C=O) groups is 5. The van der Waals surface area contributed by atoms with E-state index in [1.807, 2.05) is 0 Å². The molecule has 3 atom stereocenters. The second-order valence-corrected chi connectivity index (χ2v) is 8.58. The van der Waals surface area contributed by atoms with Gasteiger partial charge < -0.3 is 30.9 Å². The minimum atomic E-state index is -1.65. The third kappa shape index (κ3) is 8.31. The van der Waals surface area contributed by atoms with E-state index in [1.54, 1.807) is 24.3 Å². The van der Waals surface area contributed by atoms with E-state index in [-0.39, 0.29) is 19.4 Å². The molecule has 0 spiro atoms. The molecule has 198 valence electrons. The topological polar surface area (TPSA) is 188 Å². The van der Waals surface area contributed by atoms with E-state index in [0.29, 0.717) is 38.0 Å². The summed E-state index contributed by atoms with van der Waals surface area (Å²) in [5.74, 6) is -4.34. The molecule has 12 heteroatoms. The van der Waals surface area contributed by atoms with Crippen molar-refractivity contribution in [2.45, 2.75) is 56.7 Å². The van der Waals surface area contributed by atoms with Crippen LogP contribution in [0.15, 0.2) is 24.3 Å². The van der Waals surface area contributed by atoms with Gasteiger partial charge in [0.25, 0.3) is 5.78 Å². The summed E-state index contributed by atoms with van der Waals surface area (Å²) < 4.78 is 5.14. The maximum atomic E-state index is 13.4. The first-order chi connectivity index (χ1) is 17.2. The van der Waals surface area contributed by atoms with Gasteiger partial charge in [0.1, 0.15) is 11.8 Å². The van der Waals surface area contributed by atoms with Crippen molar-refractivity contribution in [2.24, 2.45) is 5.73 Å². The number of carboxylic acid groups (broad SMARTS) is 2. The summed E-state index contributed by atoms with van der Waals surface area (Å²) >= 11 is 0. The Hall–Kier alpha value is -3.51. The second kappa shape index (κ2) is 14.1. The molecular weight excluding hydrogens is 472 g/mol. The van der Waals surface area contributed by atoms with Crippen molar-refractivity contribution >= 4 is 29.5 Å². The Labute approximate surface area is 209 Å². The summed E-state index contributed by atoms with van der Waals surface area (Å²) in [7, 11) is 1.53. The molecule has 2 amide bonds. The van der Waals surface area contributed by atoms with Crippen molar-refractivity contribution in [2.75, 3.05) is 26.7 Å². The molecule has 6 N–H and O–H groups in total. The van der Waals surface area contributed by atoms with E-state index in [1.165, 1.54) is 12.0 Å². The first-order valence-electron chi connectivity index (χ1n) is 11.8. The number of ether oxygens (including phenoxy) is 1. The smallest absolute Gasteiger partial charge is 0.374 e. The largest absolute Gasteiger partial charge is 0.497 e. The van der Waals surface area contributed by atoms with E-state index < -0.39 is 54.2 Å². The Bertz CT molecular complexity index is 937. The molecule has 1 fully saturated rings. The number of nitrogens with zero attached hydrogens (tertiary/aromatic N) is 1. The van der Waals surface area contributed by atoms with Crippen LogP contribution in [0, 0.1) is 0 Å². The normalized spacial score (nSPS) is 16.7. The first kappa shape index (κ1) is 28.7. The van der Waals surface area contributed by atoms with E-state index in [0.717, 1.165) is 5.56 Å². The van der Waals surface area contributed by atoms with Crippen LogP contribution in [0.25, 0.3) is 0 Å². The van der Waals surface area contributed by atoms with Crippen LogP contribution in [-0.4, -0.2) is 89.5 Å². The maximum absolute atomic E-state index is 13.4. The molecule has 0 radical (unpaired) electrons. The molecule has 0 saturated carbocycles. The third-order valence-electron chi connectivity index (χ3n) is 6.03. The quantitative estimate of drug-likeness (QED) is 0.154. The molecule has 1 aromatic carbocycles. The predicted octanol–water partition coefficient (Wildman–Crippen LogP) is -0.461. The molecule has 36 heavy (non-hydrogen) atoms. The van der Waals surface area contributed by atoms with Gasteiger partial charge in [0.2, 0.25) is 11.8 Å². The summed E-state index contributed by atoms with van der Waals surface area (Å²) in [5, 5.41) is 23.5. The number of amides is 2. The molecule has 0 unspecified atom stereocenters. The van der Waals surface area contributed by atoms with Crippen LogP contribution in [0.1, 0.15) is 37.7 Å². The molecule has 0 aromatic heterocycles. The molecule has 1 saturated heterocycles. The Morgan fingerprint density at radius 2 is 1.81 bits per heavy atom. The number of benzene rings is 1. The van der Waals surface area contributed by atoms with E-state index in [2.05, 4.69) is 10.6 Å². The van der Waals surface area contributed by atoms with Crippen LogP contribution in [-0.2, 0) is 30.4 Å².